The second-order valence-electron chi connectivity index (χ2n) is 3.88. The quantitative estimate of drug-likeness (QED) is 0.725. The lowest BCUT2D eigenvalue weighted by molar-refractivity contribution is 0.300. The van der Waals surface area contributed by atoms with Crippen LogP contribution in [0.5, 0.6) is 0 Å². The molecule has 0 aliphatic heterocycles. The Hall–Kier alpha value is -1.02. The molecule has 0 saturated heterocycles. The fraction of sp³-hybridized carbons (Fsp3) is 0.538. The van der Waals surface area contributed by atoms with E-state index in [1.54, 1.807) is 0 Å². The third-order valence-corrected chi connectivity index (χ3v) is 2.79. The monoisotopic (exact) mass is 206 g/mol. The van der Waals surface area contributed by atoms with E-state index in [0.29, 0.717) is 0 Å². The van der Waals surface area contributed by atoms with Crippen molar-refractivity contribution in [2.45, 2.75) is 26.7 Å². The highest BCUT2D eigenvalue weighted by Crippen LogP contribution is 2.09. The standard InChI is InChI=1S/C13H22N2/c1-3-15(4-2)10-6-8-12-7-5-9-13(14)11-12/h5,7,9,11H,3-4,6,8,10,14H2,1-2H3. The number of anilines is 1. The molecule has 0 heterocycles. The maximum atomic E-state index is 5.73. The molecule has 0 spiro atoms. The SMILES string of the molecule is CCN(CC)CCCc1cccc(N)c1. The summed E-state index contributed by atoms with van der Waals surface area (Å²) in [6, 6.07) is 8.19. The van der Waals surface area contributed by atoms with E-state index in [9.17, 15) is 0 Å². The van der Waals surface area contributed by atoms with Crippen LogP contribution in [0.25, 0.3) is 0 Å². The molecule has 84 valence electrons. The Labute approximate surface area is 93.1 Å². The van der Waals surface area contributed by atoms with Crippen molar-refractivity contribution in [2.24, 2.45) is 0 Å². The Kier molecular flexibility index (Phi) is 5.19. The molecule has 2 heteroatoms. The molecular formula is C13H22N2. The average Bonchev–Trinajstić information content (AvgIpc) is 2.25. The number of nitrogen functional groups attached to an aromatic ring is 1. The van der Waals surface area contributed by atoms with Crippen molar-refractivity contribution < 1.29 is 0 Å². The van der Waals surface area contributed by atoms with Crippen LogP contribution in [-0.2, 0) is 6.42 Å². The van der Waals surface area contributed by atoms with Crippen molar-refractivity contribution in [3.8, 4) is 0 Å². The third-order valence-electron chi connectivity index (χ3n) is 2.79. The van der Waals surface area contributed by atoms with Crippen LogP contribution in [0.15, 0.2) is 24.3 Å². The largest absolute Gasteiger partial charge is 0.399 e. The first-order chi connectivity index (χ1) is 7.26. The summed E-state index contributed by atoms with van der Waals surface area (Å²) in [6.07, 6.45) is 2.34. The van der Waals surface area contributed by atoms with E-state index in [4.69, 9.17) is 5.73 Å². The van der Waals surface area contributed by atoms with Gasteiger partial charge >= 0.3 is 0 Å². The normalized spacial score (nSPS) is 10.9. The van der Waals surface area contributed by atoms with Crippen LogP contribution in [0.1, 0.15) is 25.8 Å². The van der Waals surface area contributed by atoms with Gasteiger partial charge in [0.15, 0.2) is 0 Å². The van der Waals surface area contributed by atoms with Crippen LogP contribution in [0.3, 0.4) is 0 Å². The summed E-state index contributed by atoms with van der Waals surface area (Å²) >= 11 is 0. The minimum Gasteiger partial charge on any atom is -0.399 e. The van der Waals surface area contributed by atoms with E-state index < -0.39 is 0 Å². The minimum absolute atomic E-state index is 0.871. The molecule has 1 aromatic carbocycles. The Morgan fingerprint density at radius 1 is 1.20 bits per heavy atom. The van der Waals surface area contributed by atoms with Crippen LogP contribution in [0.4, 0.5) is 5.69 Å². The fourth-order valence-electron chi connectivity index (χ4n) is 1.80. The number of rotatable bonds is 6. The first-order valence-corrected chi connectivity index (χ1v) is 5.83. The Balaban J connectivity index is 2.31. The molecule has 0 amide bonds. The molecular weight excluding hydrogens is 184 g/mol. The third kappa shape index (κ3) is 4.34. The van der Waals surface area contributed by atoms with E-state index in [-0.39, 0.29) is 0 Å². The number of aryl methyl sites for hydroxylation is 1. The summed E-state index contributed by atoms with van der Waals surface area (Å²) in [7, 11) is 0. The average molecular weight is 206 g/mol. The number of hydrogen-bond acceptors (Lipinski definition) is 2. The van der Waals surface area contributed by atoms with Gasteiger partial charge in [-0.2, -0.15) is 0 Å². The van der Waals surface area contributed by atoms with Crippen LogP contribution in [-0.4, -0.2) is 24.5 Å². The molecule has 2 nitrogen and oxygen atoms in total. The van der Waals surface area contributed by atoms with Crippen molar-refractivity contribution in [1.82, 2.24) is 4.90 Å². The predicted octanol–water partition coefficient (Wildman–Crippen LogP) is 2.54. The highest BCUT2D eigenvalue weighted by atomic mass is 15.1. The molecule has 1 aromatic rings. The van der Waals surface area contributed by atoms with Crippen molar-refractivity contribution in [3.05, 3.63) is 29.8 Å². The molecule has 2 N–H and O–H groups in total. The molecule has 0 radical (unpaired) electrons. The number of nitrogens with zero attached hydrogens (tertiary/aromatic N) is 1. The summed E-state index contributed by atoms with van der Waals surface area (Å²) in [5, 5.41) is 0. The summed E-state index contributed by atoms with van der Waals surface area (Å²) in [6.45, 7) is 7.90. The van der Waals surface area contributed by atoms with Gasteiger partial charge in [0.1, 0.15) is 0 Å². The number of benzene rings is 1. The van der Waals surface area contributed by atoms with Gasteiger partial charge in [-0.05, 0) is 50.2 Å². The van der Waals surface area contributed by atoms with Crippen molar-refractivity contribution >= 4 is 5.69 Å². The van der Waals surface area contributed by atoms with Gasteiger partial charge in [0.25, 0.3) is 0 Å². The zero-order chi connectivity index (χ0) is 11.1. The van der Waals surface area contributed by atoms with Gasteiger partial charge in [-0.3, -0.25) is 0 Å². The first-order valence-electron chi connectivity index (χ1n) is 5.83. The Bertz CT molecular complexity index is 280. The lowest BCUT2D eigenvalue weighted by Crippen LogP contribution is -2.24. The van der Waals surface area contributed by atoms with Gasteiger partial charge in [-0.1, -0.05) is 26.0 Å². The molecule has 1 rings (SSSR count). The maximum absolute atomic E-state index is 5.73. The summed E-state index contributed by atoms with van der Waals surface area (Å²) in [4.78, 5) is 2.45. The zero-order valence-electron chi connectivity index (χ0n) is 9.87. The Morgan fingerprint density at radius 3 is 2.53 bits per heavy atom. The molecule has 0 aliphatic rings. The second kappa shape index (κ2) is 6.46. The number of nitrogens with two attached hydrogens (primary N) is 1. The molecule has 0 atom stereocenters. The van der Waals surface area contributed by atoms with Crippen LogP contribution in [0, 0.1) is 0 Å². The number of hydrogen-bond donors (Lipinski definition) is 1. The van der Waals surface area contributed by atoms with Crippen LogP contribution < -0.4 is 5.73 Å². The fourth-order valence-corrected chi connectivity index (χ4v) is 1.80. The second-order valence-corrected chi connectivity index (χ2v) is 3.88. The molecule has 0 saturated carbocycles. The van der Waals surface area contributed by atoms with Gasteiger partial charge in [0.2, 0.25) is 0 Å². The smallest absolute Gasteiger partial charge is 0.0316 e. The van der Waals surface area contributed by atoms with Gasteiger partial charge in [0, 0.05) is 5.69 Å². The molecule has 0 bridgehead atoms. The highest BCUT2D eigenvalue weighted by Gasteiger charge is 1.99. The maximum Gasteiger partial charge on any atom is 0.0316 e. The van der Waals surface area contributed by atoms with Gasteiger partial charge in [-0.15, -0.1) is 0 Å². The minimum atomic E-state index is 0.871. The molecule has 0 unspecified atom stereocenters. The van der Waals surface area contributed by atoms with Gasteiger partial charge in [0.05, 0.1) is 0 Å². The van der Waals surface area contributed by atoms with E-state index in [1.807, 2.05) is 12.1 Å². The Morgan fingerprint density at radius 2 is 1.93 bits per heavy atom. The summed E-state index contributed by atoms with van der Waals surface area (Å²) < 4.78 is 0. The van der Waals surface area contributed by atoms with E-state index in [2.05, 4.69) is 30.9 Å². The molecule has 0 aromatic heterocycles. The van der Waals surface area contributed by atoms with Gasteiger partial charge in [-0.25, -0.2) is 0 Å². The lowest BCUT2D eigenvalue weighted by Gasteiger charge is -2.17. The van der Waals surface area contributed by atoms with E-state index >= 15 is 0 Å². The van der Waals surface area contributed by atoms with Crippen molar-refractivity contribution in [2.75, 3.05) is 25.4 Å². The highest BCUT2D eigenvalue weighted by molar-refractivity contribution is 5.40. The molecule has 15 heavy (non-hydrogen) atoms. The van der Waals surface area contributed by atoms with Crippen LogP contribution in [0.2, 0.25) is 0 Å². The zero-order valence-corrected chi connectivity index (χ0v) is 9.87. The van der Waals surface area contributed by atoms with E-state index in [0.717, 1.165) is 25.2 Å². The lowest BCUT2D eigenvalue weighted by atomic mass is 10.1. The van der Waals surface area contributed by atoms with Crippen molar-refractivity contribution in [3.63, 3.8) is 0 Å². The topological polar surface area (TPSA) is 29.3 Å². The first kappa shape index (κ1) is 12.1. The van der Waals surface area contributed by atoms with E-state index in [1.165, 1.54) is 18.5 Å². The predicted molar refractivity (Wildman–Crippen MR) is 67.0 cm³/mol. The van der Waals surface area contributed by atoms with Gasteiger partial charge < -0.3 is 10.6 Å². The summed E-state index contributed by atoms with van der Waals surface area (Å²) in [5.74, 6) is 0. The molecule has 0 fully saturated rings. The molecule has 0 aliphatic carbocycles. The summed E-state index contributed by atoms with van der Waals surface area (Å²) in [5.41, 5.74) is 7.95. The van der Waals surface area contributed by atoms with Crippen molar-refractivity contribution in [1.29, 1.82) is 0 Å². The van der Waals surface area contributed by atoms with Crippen LogP contribution >= 0.6 is 0 Å².